The third-order valence-corrected chi connectivity index (χ3v) is 6.75. The molecule has 38 heavy (non-hydrogen) atoms. The minimum absolute atomic E-state index is 0.0406. The Morgan fingerprint density at radius 1 is 1.18 bits per heavy atom. The quantitative estimate of drug-likeness (QED) is 0.273. The molecule has 0 saturated carbocycles. The van der Waals surface area contributed by atoms with Crippen molar-refractivity contribution in [3.8, 4) is 17.1 Å². The number of benzene rings is 2. The van der Waals surface area contributed by atoms with E-state index < -0.39 is 27.5 Å². The Morgan fingerprint density at radius 2 is 1.92 bits per heavy atom. The Morgan fingerprint density at radius 3 is 2.58 bits per heavy atom. The molecule has 2 aromatic carbocycles. The molecule has 0 saturated heterocycles. The van der Waals surface area contributed by atoms with Gasteiger partial charge in [-0.2, -0.15) is 0 Å². The maximum atomic E-state index is 13.5. The average molecular weight is 562 g/mol. The summed E-state index contributed by atoms with van der Waals surface area (Å²) in [6.07, 6.45) is 1.08. The highest BCUT2D eigenvalue weighted by Gasteiger charge is 2.24. The van der Waals surface area contributed by atoms with Crippen LogP contribution in [0.15, 0.2) is 46.2 Å². The van der Waals surface area contributed by atoms with Gasteiger partial charge in [-0.15, -0.1) is 11.3 Å². The number of hydrogen-bond donors (Lipinski definition) is 2. The van der Waals surface area contributed by atoms with Gasteiger partial charge in [0, 0.05) is 35.7 Å². The van der Waals surface area contributed by atoms with Crippen molar-refractivity contribution >= 4 is 49.7 Å². The van der Waals surface area contributed by atoms with E-state index in [2.05, 4.69) is 15.6 Å². The summed E-state index contributed by atoms with van der Waals surface area (Å²) < 4.78 is 54.1. The van der Waals surface area contributed by atoms with Crippen LogP contribution in [0.5, 0.6) is 5.75 Å². The number of hydrogen-bond acceptors (Lipinski definition) is 10. The van der Waals surface area contributed by atoms with E-state index >= 15 is 0 Å². The van der Waals surface area contributed by atoms with Gasteiger partial charge >= 0.3 is 5.97 Å². The molecule has 2 N–H and O–H groups in total. The lowest BCUT2D eigenvalue weighted by molar-refractivity contribution is 0.0520. The second kappa shape index (κ2) is 11.2. The molecule has 4 aromatic rings. The number of halogens is 1. The molecular weight excluding hydrogens is 537 g/mol. The van der Waals surface area contributed by atoms with Crippen LogP contribution >= 0.6 is 11.3 Å². The summed E-state index contributed by atoms with van der Waals surface area (Å²) in [6.45, 7) is 1.87. The summed E-state index contributed by atoms with van der Waals surface area (Å²) in [5, 5.41) is 7.84. The van der Waals surface area contributed by atoms with E-state index in [9.17, 15) is 22.4 Å². The first-order valence-corrected chi connectivity index (χ1v) is 14.3. The van der Waals surface area contributed by atoms with Gasteiger partial charge in [0.05, 0.1) is 17.9 Å². The van der Waals surface area contributed by atoms with Crippen molar-refractivity contribution in [3.63, 3.8) is 0 Å². The number of nitrogens with one attached hydrogen (secondary N) is 2. The molecule has 4 rings (SSSR count). The number of fused-ring (bicyclic) bond motifs is 1. The SMILES string of the molecule is CCOC(=O)c1csc(COc2cc3c(C(=O)NC)c(-c4ccc(F)cc4)oc3cc2NCS(C)(=O)=O)n1. The zero-order valence-corrected chi connectivity index (χ0v) is 22.3. The van der Waals surface area contributed by atoms with Crippen LogP contribution in [0.3, 0.4) is 0 Å². The van der Waals surface area contributed by atoms with Gasteiger partial charge in [0.2, 0.25) is 0 Å². The Hall–Kier alpha value is -3.97. The van der Waals surface area contributed by atoms with Crippen LogP contribution in [0.2, 0.25) is 0 Å². The van der Waals surface area contributed by atoms with E-state index in [0.29, 0.717) is 21.6 Å². The molecule has 0 radical (unpaired) electrons. The van der Waals surface area contributed by atoms with E-state index in [1.807, 2.05) is 0 Å². The van der Waals surface area contributed by atoms with Crippen LogP contribution < -0.4 is 15.4 Å². The monoisotopic (exact) mass is 561 g/mol. The zero-order chi connectivity index (χ0) is 27.4. The molecule has 0 bridgehead atoms. The van der Waals surface area contributed by atoms with E-state index in [1.165, 1.54) is 48.7 Å². The van der Waals surface area contributed by atoms with Crippen molar-refractivity contribution < 1.29 is 36.3 Å². The number of nitrogens with zero attached hydrogens (tertiary/aromatic N) is 1. The lowest BCUT2D eigenvalue weighted by Gasteiger charge is -2.13. The molecule has 0 atom stereocenters. The largest absolute Gasteiger partial charge is 0.484 e. The summed E-state index contributed by atoms with van der Waals surface area (Å²) in [7, 11) is -1.93. The standard InChI is InChI=1S/C25H24FN3O7S2/c1-4-34-25(31)18-12-37-21(29-18)11-35-20-9-16-19(10-17(20)28-13-38(3,32)33)36-23(22(16)24(30)27-2)14-5-7-15(26)8-6-14/h5-10,12,28H,4,11,13H2,1-3H3,(H,27,30). The highest BCUT2D eigenvalue weighted by atomic mass is 32.2. The summed E-state index contributed by atoms with van der Waals surface area (Å²) in [5.74, 6) is -1.37. The molecule has 0 unspecified atom stereocenters. The van der Waals surface area contributed by atoms with Crippen LogP contribution in [0.4, 0.5) is 10.1 Å². The van der Waals surface area contributed by atoms with Gasteiger partial charge in [0.25, 0.3) is 5.91 Å². The maximum absolute atomic E-state index is 13.5. The fourth-order valence-electron chi connectivity index (χ4n) is 3.56. The van der Waals surface area contributed by atoms with Crippen molar-refractivity contribution in [3.05, 3.63) is 63.9 Å². The first kappa shape index (κ1) is 27.1. The minimum atomic E-state index is -3.40. The van der Waals surface area contributed by atoms with Gasteiger partial charge in [-0.05, 0) is 37.3 Å². The van der Waals surface area contributed by atoms with Gasteiger partial charge in [0.15, 0.2) is 15.5 Å². The number of esters is 1. The van der Waals surface area contributed by atoms with Crippen LogP contribution in [0.1, 0.15) is 32.8 Å². The summed E-state index contributed by atoms with van der Waals surface area (Å²) in [5.41, 5.74) is 1.41. The van der Waals surface area contributed by atoms with Crippen molar-refractivity contribution in [2.75, 3.05) is 31.1 Å². The second-order valence-electron chi connectivity index (χ2n) is 8.12. The predicted octanol–water partition coefficient (Wildman–Crippen LogP) is 4.22. The number of sulfone groups is 1. The third kappa shape index (κ3) is 6.11. The van der Waals surface area contributed by atoms with E-state index in [-0.39, 0.29) is 47.4 Å². The fraction of sp³-hybridized carbons (Fsp3) is 0.240. The Labute approximate surface area is 221 Å². The Kier molecular flexibility index (Phi) is 7.97. The van der Waals surface area contributed by atoms with Gasteiger partial charge < -0.3 is 24.5 Å². The highest BCUT2D eigenvalue weighted by Crippen LogP contribution is 2.39. The summed E-state index contributed by atoms with van der Waals surface area (Å²) in [4.78, 5) is 29.0. The van der Waals surface area contributed by atoms with Crippen LogP contribution in [-0.4, -0.2) is 51.1 Å². The summed E-state index contributed by atoms with van der Waals surface area (Å²) in [6, 6.07) is 8.57. The first-order valence-electron chi connectivity index (χ1n) is 11.3. The number of furan rings is 1. The number of aromatic nitrogens is 1. The van der Waals surface area contributed by atoms with Crippen molar-refractivity contribution in [2.45, 2.75) is 13.5 Å². The smallest absolute Gasteiger partial charge is 0.357 e. The molecule has 10 nitrogen and oxygen atoms in total. The van der Waals surface area contributed by atoms with Gasteiger partial charge in [-0.25, -0.2) is 22.6 Å². The molecule has 0 spiro atoms. The van der Waals surface area contributed by atoms with Crippen molar-refractivity contribution in [1.82, 2.24) is 10.3 Å². The summed E-state index contributed by atoms with van der Waals surface area (Å²) >= 11 is 1.20. The molecule has 0 fully saturated rings. The number of thiazole rings is 1. The molecule has 2 aromatic heterocycles. The topological polar surface area (TPSA) is 137 Å². The molecule has 13 heteroatoms. The Balaban J connectivity index is 1.77. The van der Waals surface area contributed by atoms with E-state index in [4.69, 9.17) is 13.9 Å². The number of carbonyl (C=O) groups excluding carboxylic acids is 2. The second-order valence-corrected chi connectivity index (χ2v) is 11.2. The van der Waals surface area contributed by atoms with Crippen LogP contribution in [0, 0.1) is 5.82 Å². The van der Waals surface area contributed by atoms with Gasteiger partial charge in [-0.1, -0.05) is 0 Å². The zero-order valence-electron chi connectivity index (χ0n) is 20.7. The lowest BCUT2D eigenvalue weighted by Crippen LogP contribution is -2.18. The fourth-order valence-corrected chi connectivity index (χ4v) is 4.65. The number of anilines is 1. The van der Waals surface area contributed by atoms with Crippen molar-refractivity contribution in [2.24, 2.45) is 0 Å². The number of amides is 1. The molecule has 0 aliphatic carbocycles. The van der Waals surface area contributed by atoms with Gasteiger partial charge in [0.1, 0.15) is 40.4 Å². The molecule has 0 aliphatic heterocycles. The van der Waals surface area contributed by atoms with Crippen LogP contribution in [-0.2, 0) is 21.2 Å². The number of ether oxygens (including phenoxy) is 2. The highest BCUT2D eigenvalue weighted by molar-refractivity contribution is 7.90. The number of carbonyl (C=O) groups is 2. The molecule has 1 amide bonds. The predicted molar refractivity (Wildman–Crippen MR) is 141 cm³/mol. The number of rotatable bonds is 10. The Bertz CT molecular complexity index is 1600. The van der Waals surface area contributed by atoms with Crippen molar-refractivity contribution in [1.29, 1.82) is 0 Å². The molecule has 0 aliphatic rings. The van der Waals surface area contributed by atoms with E-state index in [0.717, 1.165) is 6.26 Å². The van der Waals surface area contributed by atoms with Crippen LogP contribution in [0.25, 0.3) is 22.3 Å². The third-order valence-electron chi connectivity index (χ3n) is 5.26. The maximum Gasteiger partial charge on any atom is 0.357 e. The normalized spacial score (nSPS) is 11.4. The van der Waals surface area contributed by atoms with E-state index in [1.54, 1.807) is 18.4 Å². The molecular formula is C25H24FN3O7S2. The lowest BCUT2D eigenvalue weighted by atomic mass is 10.0. The van der Waals surface area contributed by atoms with Gasteiger partial charge in [-0.3, -0.25) is 4.79 Å². The first-order chi connectivity index (χ1) is 18.1. The molecule has 2 heterocycles. The molecule has 200 valence electrons. The minimum Gasteiger partial charge on any atom is -0.484 e. The average Bonchev–Trinajstić information content (AvgIpc) is 3.50.